The number of nitrogens with one attached hydrogen (secondary N) is 1. The SMILES string of the molecule is NCc1ccc(S(=O)(=O)NCc2cncs2)c(Br)c1. The highest BCUT2D eigenvalue weighted by Gasteiger charge is 2.17. The number of hydrogen-bond donors (Lipinski definition) is 2. The third-order valence-corrected chi connectivity index (χ3v) is 5.60. The van der Waals surface area contributed by atoms with Crippen LogP contribution in [0.4, 0.5) is 0 Å². The molecule has 0 fully saturated rings. The molecule has 0 amide bonds. The van der Waals surface area contributed by atoms with E-state index >= 15 is 0 Å². The van der Waals surface area contributed by atoms with Crippen LogP contribution < -0.4 is 10.5 Å². The standard InChI is InChI=1S/C11H12BrN3O2S2/c12-10-3-8(4-13)1-2-11(10)19(16,17)15-6-9-5-14-7-18-9/h1-3,5,7,15H,4,6,13H2. The Balaban J connectivity index is 2.19. The van der Waals surface area contributed by atoms with E-state index in [0.29, 0.717) is 11.0 Å². The molecule has 0 aliphatic heterocycles. The van der Waals surface area contributed by atoms with Gasteiger partial charge in [0.15, 0.2) is 0 Å². The Morgan fingerprint density at radius 1 is 1.42 bits per heavy atom. The average Bonchev–Trinajstić information content (AvgIpc) is 2.89. The molecule has 1 aromatic carbocycles. The van der Waals surface area contributed by atoms with Gasteiger partial charge in [0.05, 0.1) is 10.4 Å². The number of hydrogen-bond acceptors (Lipinski definition) is 5. The van der Waals surface area contributed by atoms with Gasteiger partial charge in [-0.1, -0.05) is 6.07 Å². The molecule has 102 valence electrons. The summed E-state index contributed by atoms with van der Waals surface area (Å²) in [7, 11) is -3.55. The topological polar surface area (TPSA) is 85.1 Å². The Bertz CT molecular complexity index is 657. The lowest BCUT2D eigenvalue weighted by Gasteiger charge is -2.08. The summed E-state index contributed by atoms with van der Waals surface area (Å²) in [5, 5.41) is 0. The second-order valence-electron chi connectivity index (χ2n) is 3.76. The first-order valence-electron chi connectivity index (χ1n) is 5.38. The Kier molecular flexibility index (Phi) is 4.69. The summed E-state index contributed by atoms with van der Waals surface area (Å²) in [6.07, 6.45) is 1.64. The van der Waals surface area contributed by atoms with Gasteiger partial charge in [-0.15, -0.1) is 11.3 Å². The molecule has 19 heavy (non-hydrogen) atoms. The normalized spacial score (nSPS) is 11.7. The number of aromatic nitrogens is 1. The van der Waals surface area contributed by atoms with Gasteiger partial charge in [-0.2, -0.15) is 0 Å². The average molecular weight is 362 g/mol. The molecular weight excluding hydrogens is 350 g/mol. The van der Waals surface area contributed by atoms with Gasteiger partial charge in [-0.05, 0) is 33.6 Å². The van der Waals surface area contributed by atoms with E-state index in [9.17, 15) is 8.42 Å². The van der Waals surface area contributed by atoms with Crippen LogP contribution in [0, 0.1) is 0 Å². The Labute approximate surface area is 124 Å². The van der Waals surface area contributed by atoms with Crippen molar-refractivity contribution in [2.75, 3.05) is 0 Å². The van der Waals surface area contributed by atoms with E-state index in [4.69, 9.17) is 5.73 Å². The molecule has 0 spiro atoms. The summed E-state index contributed by atoms with van der Waals surface area (Å²) in [5.74, 6) is 0. The highest BCUT2D eigenvalue weighted by Crippen LogP contribution is 2.23. The van der Waals surface area contributed by atoms with Crippen LogP contribution in [-0.2, 0) is 23.1 Å². The molecule has 5 nitrogen and oxygen atoms in total. The van der Waals surface area contributed by atoms with Crippen molar-refractivity contribution in [3.63, 3.8) is 0 Å². The van der Waals surface area contributed by atoms with Crippen molar-refractivity contribution in [1.29, 1.82) is 0 Å². The number of halogens is 1. The molecule has 1 heterocycles. The minimum atomic E-state index is -3.55. The van der Waals surface area contributed by atoms with Gasteiger partial charge < -0.3 is 5.73 Å². The number of nitrogens with two attached hydrogens (primary N) is 1. The van der Waals surface area contributed by atoms with Gasteiger partial charge in [-0.3, -0.25) is 4.98 Å². The number of benzene rings is 1. The first kappa shape index (κ1) is 14.6. The van der Waals surface area contributed by atoms with Crippen molar-refractivity contribution in [2.45, 2.75) is 18.0 Å². The molecule has 0 atom stereocenters. The summed E-state index contributed by atoms with van der Waals surface area (Å²) in [6, 6.07) is 4.95. The maximum atomic E-state index is 12.2. The second kappa shape index (κ2) is 6.10. The maximum Gasteiger partial charge on any atom is 0.242 e. The Morgan fingerprint density at radius 2 is 2.21 bits per heavy atom. The van der Waals surface area contributed by atoms with Crippen molar-refractivity contribution in [3.05, 3.63) is 44.8 Å². The van der Waals surface area contributed by atoms with Crippen molar-refractivity contribution >= 4 is 37.3 Å². The van der Waals surface area contributed by atoms with E-state index in [1.165, 1.54) is 11.3 Å². The molecule has 0 saturated carbocycles. The summed E-state index contributed by atoms with van der Waals surface area (Å²) >= 11 is 4.66. The molecular formula is C11H12BrN3O2S2. The third kappa shape index (κ3) is 3.61. The number of sulfonamides is 1. The molecule has 8 heteroatoms. The van der Waals surface area contributed by atoms with Gasteiger partial charge in [0.25, 0.3) is 0 Å². The van der Waals surface area contributed by atoms with E-state index in [-0.39, 0.29) is 11.4 Å². The number of thiazole rings is 1. The quantitative estimate of drug-likeness (QED) is 0.850. The van der Waals surface area contributed by atoms with E-state index < -0.39 is 10.0 Å². The zero-order valence-corrected chi connectivity index (χ0v) is 13.1. The smallest absolute Gasteiger partial charge is 0.242 e. The van der Waals surface area contributed by atoms with E-state index in [1.54, 1.807) is 29.9 Å². The van der Waals surface area contributed by atoms with Crippen LogP contribution in [-0.4, -0.2) is 13.4 Å². The maximum absolute atomic E-state index is 12.2. The van der Waals surface area contributed by atoms with Crippen LogP contribution in [0.15, 0.2) is 39.3 Å². The fraction of sp³-hybridized carbons (Fsp3) is 0.182. The number of nitrogens with zero attached hydrogens (tertiary/aromatic N) is 1. The lowest BCUT2D eigenvalue weighted by atomic mass is 10.2. The first-order chi connectivity index (χ1) is 9.03. The van der Waals surface area contributed by atoms with Gasteiger partial charge in [0.2, 0.25) is 10.0 Å². The molecule has 0 bridgehead atoms. The zero-order chi connectivity index (χ0) is 13.9. The molecule has 2 aromatic rings. The van der Waals surface area contributed by atoms with Crippen molar-refractivity contribution in [3.8, 4) is 0 Å². The lowest BCUT2D eigenvalue weighted by Crippen LogP contribution is -2.23. The van der Waals surface area contributed by atoms with Gasteiger partial charge >= 0.3 is 0 Å². The molecule has 0 saturated heterocycles. The molecule has 0 radical (unpaired) electrons. The Morgan fingerprint density at radius 3 is 2.79 bits per heavy atom. The van der Waals surface area contributed by atoms with Crippen molar-refractivity contribution in [1.82, 2.24) is 9.71 Å². The van der Waals surface area contributed by atoms with E-state index in [2.05, 4.69) is 25.6 Å². The van der Waals surface area contributed by atoms with Crippen LogP contribution in [0.2, 0.25) is 0 Å². The van der Waals surface area contributed by atoms with Crippen LogP contribution in [0.25, 0.3) is 0 Å². The van der Waals surface area contributed by atoms with Gasteiger partial charge in [0.1, 0.15) is 0 Å². The van der Waals surface area contributed by atoms with E-state index in [0.717, 1.165) is 10.4 Å². The minimum Gasteiger partial charge on any atom is -0.326 e. The van der Waals surface area contributed by atoms with Crippen LogP contribution >= 0.6 is 27.3 Å². The summed E-state index contributed by atoms with van der Waals surface area (Å²) in [6.45, 7) is 0.602. The first-order valence-corrected chi connectivity index (χ1v) is 8.54. The van der Waals surface area contributed by atoms with Crippen molar-refractivity contribution in [2.24, 2.45) is 5.73 Å². The van der Waals surface area contributed by atoms with Crippen LogP contribution in [0.1, 0.15) is 10.4 Å². The number of rotatable bonds is 5. The Hall–Kier alpha value is -0.800. The minimum absolute atomic E-state index is 0.203. The molecule has 3 N–H and O–H groups in total. The highest BCUT2D eigenvalue weighted by molar-refractivity contribution is 9.10. The summed E-state index contributed by atoms with van der Waals surface area (Å²) in [4.78, 5) is 4.96. The monoisotopic (exact) mass is 361 g/mol. The molecule has 0 unspecified atom stereocenters. The molecule has 2 rings (SSSR count). The van der Waals surface area contributed by atoms with Crippen molar-refractivity contribution < 1.29 is 8.42 Å². The second-order valence-corrected chi connectivity index (χ2v) is 7.32. The summed E-state index contributed by atoms with van der Waals surface area (Å²) < 4.78 is 27.4. The predicted molar refractivity (Wildman–Crippen MR) is 78.2 cm³/mol. The largest absolute Gasteiger partial charge is 0.326 e. The molecule has 1 aromatic heterocycles. The fourth-order valence-corrected chi connectivity index (χ4v) is 4.22. The van der Waals surface area contributed by atoms with E-state index in [1.807, 2.05) is 0 Å². The molecule has 0 aliphatic rings. The fourth-order valence-electron chi connectivity index (χ4n) is 1.46. The highest BCUT2D eigenvalue weighted by atomic mass is 79.9. The predicted octanol–water partition coefficient (Wildman–Crippen LogP) is 1.84. The third-order valence-electron chi connectivity index (χ3n) is 2.44. The van der Waals surface area contributed by atoms with Crippen LogP contribution in [0.5, 0.6) is 0 Å². The van der Waals surface area contributed by atoms with Crippen LogP contribution in [0.3, 0.4) is 0 Å². The summed E-state index contributed by atoms with van der Waals surface area (Å²) in [5.41, 5.74) is 8.04. The van der Waals surface area contributed by atoms with Gasteiger partial charge in [0, 0.05) is 28.6 Å². The molecule has 0 aliphatic carbocycles. The lowest BCUT2D eigenvalue weighted by molar-refractivity contribution is 0.581. The zero-order valence-electron chi connectivity index (χ0n) is 9.84. The van der Waals surface area contributed by atoms with Gasteiger partial charge in [-0.25, -0.2) is 13.1 Å².